The Labute approximate surface area is 170 Å². The maximum atomic E-state index is 14.6. The number of Topliss-reactive ketones (excluding diaryl/α,β-unsaturated/α-hetero) is 1. The normalized spacial score (nSPS) is 21.0. The van der Waals surface area contributed by atoms with Crippen molar-refractivity contribution in [2.45, 2.75) is 64.5 Å². The van der Waals surface area contributed by atoms with Crippen LogP contribution in [0.5, 0.6) is 0 Å². The van der Waals surface area contributed by atoms with Gasteiger partial charge in [0.25, 0.3) is 0 Å². The molecule has 2 heterocycles. The van der Waals surface area contributed by atoms with Gasteiger partial charge in [0.1, 0.15) is 17.6 Å². The summed E-state index contributed by atoms with van der Waals surface area (Å²) in [5.74, 6) is -1.18. The van der Waals surface area contributed by atoms with Gasteiger partial charge in [0.05, 0.1) is 11.3 Å². The number of hydrogen-bond donors (Lipinski definition) is 3. The van der Waals surface area contributed by atoms with E-state index in [1.165, 1.54) is 13.0 Å². The molecule has 160 valence electrons. The van der Waals surface area contributed by atoms with Crippen molar-refractivity contribution in [2.24, 2.45) is 0 Å². The van der Waals surface area contributed by atoms with Gasteiger partial charge < -0.3 is 15.3 Å². The lowest BCUT2D eigenvalue weighted by Gasteiger charge is -2.39. The van der Waals surface area contributed by atoms with Crippen molar-refractivity contribution in [2.75, 3.05) is 23.3 Å². The third-order valence-corrected chi connectivity index (χ3v) is 5.14. The first-order valence-corrected chi connectivity index (χ1v) is 10.1. The van der Waals surface area contributed by atoms with Crippen LogP contribution in [0.4, 0.5) is 15.8 Å². The lowest BCUT2D eigenvalue weighted by atomic mass is 9.86. The van der Waals surface area contributed by atoms with Gasteiger partial charge in [0.15, 0.2) is 0 Å². The molecule has 7 nitrogen and oxygen atoms in total. The zero-order valence-corrected chi connectivity index (χ0v) is 17.3. The number of halogens is 1. The molecule has 0 radical (unpaired) electrons. The summed E-state index contributed by atoms with van der Waals surface area (Å²) >= 11 is 0. The molecular weight excluding hydrogens is 377 g/mol. The van der Waals surface area contributed by atoms with Crippen LogP contribution in [0.2, 0.25) is 0 Å². The molecule has 1 aromatic rings. The summed E-state index contributed by atoms with van der Waals surface area (Å²) in [7, 11) is 0. The highest BCUT2D eigenvalue weighted by Crippen LogP contribution is 2.31. The van der Waals surface area contributed by atoms with Crippen LogP contribution in [0.3, 0.4) is 0 Å². The molecule has 8 heteroatoms. The van der Waals surface area contributed by atoms with Gasteiger partial charge in [-0.1, -0.05) is 13.8 Å². The van der Waals surface area contributed by atoms with Gasteiger partial charge in [0.2, 0.25) is 11.8 Å². The number of carbonyl (C=O) groups excluding carboxylic acids is 3. The Kier molecular flexibility index (Phi) is 7.73. The number of benzene rings is 1. The zero-order valence-electron chi connectivity index (χ0n) is 17.3. The highest BCUT2D eigenvalue weighted by molar-refractivity contribution is 6.01. The fraction of sp³-hybridized carbons (Fsp3) is 0.571. The average molecular weight is 407 g/mol. The van der Waals surface area contributed by atoms with E-state index in [0.717, 1.165) is 0 Å². The molecule has 3 rings (SSSR count). The fourth-order valence-electron chi connectivity index (χ4n) is 3.69. The summed E-state index contributed by atoms with van der Waals surface area (Å²) in [6.07, 6.45) is 1.55. The molecule has 1 aromatic carbocycles. The SMILES string of the molecule is CC.CC(=O)CC1(O)CCN(c2ccc(NC3CCC(=O)NC3=O)cc2F)CC1. The van der Waals surface area contributed by atoms with E-state index in [2.05, 4.69) is 10.6 Å². The second-order valence-electron chi connectivity index (χ2n) is 7.40. The molecular formula is C21H30FN3O4. The smallest absolute Gasteiger partial charge is 0.249 e. The van der Waals surface area contributed by atoms with Gasteiger partial charge in [-0.05, 0) is 44.4 Å². The standard InChI is InChI=1S/C19H24FN3O4.C2H6/c1-12(24)11-19(27)6-8-23(9-7-19)16-4-2-13(10-14(16)20)21-15-3-5-17(25)22-18(15)26;1-2/h2,4,10,15,21,27H,3,5-9,11H2,1H3,(H,22,25,26);1-2H3. The van der Waals surface area contributed by atoms with Gasteiger partial charge >= 0.3 is 0 Å². The van der Waals surface area contributed by atoms with Gasteiger partial charge in [-0.3, -0.25) is 19.7 Å². The van der Waals surface area contributed by atoms with Gasteiger partial charge in [-0.25, -0.2) is 4.39 Å². The molecule has 0 aromatic heterocycles. The first-order chi connectivity index (χ1) is 13.8. The topological polar surface area (TPSA) is 98.7 Å². The maximum Gasteiger partial charge on any atom is 0.249 e. The van der Waals surface area contributed by atoms with Crippen LogP contribution in [0.15, 0.2) is 18.2 Å². The molecule has 0 saturated carbocycles. The quantitative estimate of drug-likeness (QED) is 0.648. The van der Waals surface area contributed by atoms with Crippen molar-refractivity contribution in [1.82, 2.24) is 5.32 Å². The number of nitrogens with zero attached hydrogens (tertiary/aromatic N) is 1. The lowest BCUT2D eigenvalue weighted by molar-refractivity contribution is -0.133. The maximum absolute atomic E-state index is 14.6. The number of rotatable bonds is 5. The Hall–Kier alpha value is -2.48. The molecule has 0 spiro atoms. The Balaban J connectivity index is 0.00000145. The van der Waals surface area contributed by atoms with Gasteiger partial charge in [-0.15, -0.1) is 0 Å². The molecule has 0 aliphatic carbocycles. The van der Waals surface area contributed by atoms with Gasteiger partial charge in [-0.2, -0.15) is 0 Å². The zero-order chi connectivity index (χ0) is 21.6. The minimum atomic E-state index is -1.01. The molecule has 2 aliphatic rings. The Morgan fingerprint density at radius 2 is 1.97 bits per heavy atom. The molecule has 29 heavy (non-hydrogen) atoms. The number of nitrogens with one attached hydrogen (secondary N) is 2. The van der Waals surface area contributed by atoms with Crippen molar-refractivity contribution < 1.29 is 23.9 Å². The summed E-state index contributed by atoms with van der Waals surface area (Å²) in [4.78, 5) is 36.1. The molecule has 0 bridgehead atoms. The Bertz CT molecular complexity index is 760. The number of carbonyl (C=O) groups is 3. The second kappa shape index (κ2) is 9.82. The van der Waals surface area contributed by atoms with Crippen molar-refractivity contribution in [3.63, 3.8) is 0 Å². The predicted molar refractivity (Wildman–Crippen MR) is 109 cm³/mol. The molecule has 1 atom stereocenters. The third-order valence-electron chi connectivity index (χ3n) is 5.14. The lowest BCUT2D eigenvalue weighted by Crippen LogP contribution is -2.47. The van der Waals surface area contributed by atoms with Crippen molar-refractivity contribution in [1.29, 1.82) is 0 Å². The van der Waals surface area contributed by atoms with Crippen LogP contribution in [0, 0.1) is 5.82 Å². The summed E-state index contributed by atoms with van der Waals surface area (Å²) in [6.45, 7) is 6.37. The van der Waals surface area contributed by atoms with E-state index in [1.807, 2.05) is 18.7 Å². The first kappa shape index (κ1) is 22.8. The van der Waals surface area contributed by atoms with Crippen LogP contribution < -0.4 is 15.5 Å². The molecule has 1 unspecified atom stereocenters. The van der Waals surface area contributed by atoms with Crippen LogP contribution in [-0.4, -0.2) is 47.4 Å². The highest BCUT2D eigenvalue weighted by atomic mass is 19.1. The van der Waals surface area contributed by atoms with E-state index in [-0.39, 0.29) is 24.5 Å². The minimum Gasteiger partial charge on any atom is -0.389 e. The van der Waals surface area contributed by atoms with Crippen LogP contribution in [0.1, 0.15) is 52.9 Å². The average Bonchev–Trinajstić information content (AvgIpc) is 2.66. The summed E-state index contributed by atoms with van der Waals surface area (Å²) in [6, 6.07) is 4.09. The van der Waals surface area contributed by atoms with E-state index in [1.54, 1.807) is 12.1 Å². The molecule has 2 saturated heterocycles. The third kappa shape index (κ3) is 6.00. The highest BCUT2D eigenvalue weighted by Gasteiger charge is 2.34. The number of imide groups is 1. The van der Waals surface area contributed by atoms with Crippen LogP contribution in [-0.2, 0) is 14.4 Å². The molecule has 2 amide bonds. The van der Waals surface area contributed by atoms with Crippen molar-refractivity contribution in [3.8, 4) is 0 Å². The summed E-state index contributed by atoms with van der Waals surface area (Å²) < 4.78 is 14.6. The van der Waals surface area contributed by atoms with E-state index in [9.17, 15) is 23.9 Å². The van der Waals surface area contributed by atoms with Crippen molar-refractivity contribution >= 4 is 29.0 Å². The summed E-state index contributed by atoms with van der Waals surface area (Å²) in [5.41, 5.74) is -0.115. The minimum absolute atomic E-state index is 0.0546. The monoisotopic (exact) mass is 407 g/mol. The van der Waals surface area contributed by atoms with Crippen LogP contribution in [0.25, 0.3) is 0 Å². The van der Waals surface area contributed by atoms with Gasteiger partial charge in [0, 0.05) is 31.6 Å². The number of ketones is 1. The molecule has 2 fully saturated rings. The predicted octanol–water partition coefficient (Wildman–Crippen LogP) is 2.38. The van der Waals surface area contributed by atoms with Crippen molar-refractivity contribution in [3.05, 3.63) is 24.0 Å². The second-order valence-corrected chi connectivity index (χ2v) is 7.40. The fourth-order valence-corrected chi connectivity index (χ4v) is 3.69. The summed E-state index contributed by atoms with van der Waals surface area (Å²) in [5, 5.41) is 15.6. The van der Waals surface area contributed by atoms with Crippen LogP contribution >= 0.6 is 0 Å². The number of piperidine rings is 2. The Morgan fingerprint density at radius 1 is 1.31 bits per heavy atom. The molecule has 3 N–H and O–H groups in total. The largest absolute Gasteiger partial charge is 0.389 e. The van der Waals surface area contributed by atoms with E-state index in [4.69, 9.17) is 0 Å². The van der Waals surface area contributed by atoms with E-state index >= 15 is 0 Å². The van der Waals surface area contributed by atoms with E-state index < -0.39 is 23.4 Å². The Morgan fingerprint density at radius 3 is 2.52 bits per heavy atom. The van der Waals surface area contributed by atoms with E-state index in [0.29, 0.717) is 43.7 Å². The number of amides is 2. The molecule has 2 aliphatic heterocycles. The first-order valence-electron chi connectivity index (χ1n) is 10.1. The number of anilines is 2. The number of hydrogen-bond acceptors (Lipinski definition) is 6. The number of aliphatic hydroxyl groups is 1.